The van der Waals surface area contributed by atoms with Gasteiger partial charge in [-0.2, -0.15) is 0 Å². The van der Waals surface area contributed by atoms with Crippen molar-refractivity contribution in [2.75, 3.05) is 13.9 Å². The zero-order valence-electron chi connectivity index (χ0n) is 12.9. The van der Waals surface area contributed by atoms with Gasteiger partial charge in [-0.25, -0.2) is 0 Å². The summed E-state index contributed by atoms with van der Waals surface area (Å²) in [5.74, 6) is 1.98. The first-order valence-corrected chi connectivity index (χ1v) is 8.18. The van der Waals surface area contributed by atoms with Gasteiger partial charge in [0.25, 0.3) is 0 Å². The van der Waals surface area contributed by atoms with Crippen LogP contribution in [0.1, 0.15) is 11.3 Å². The number of phenolic OH excluding ortho intramolecular Hbond substituents is 1. The van der Waals surface area contributed by atoms with E-state index in [9.17, 15) is 5.11 Å². The average molecular weight is 388 g/mol. The van der Waals surface area contributed by atoms with Crippen molar-refractivity contribution in [3.8, 4) is 23.0 Å². The summed E-state index contributed by atoms with van der Waals surface area (Å²) < 4.78 is 17.0. The Bertz CT molecular complexity index is 942. The number of fused-ring (bicyclic) bond motifs is 2. The molecule has 2 aromatic carbocycles. The highest BCUT2D eigenvalue weighted by Crippen LogP contribution is 2.40. The van der Waals surface area contributed by atoms with E-state index in [1.807, 2.05) is 24.3 Å². The molecule has 1 aliphatic heterocycles. The zero-order chi connectivity index (χ0) is 16.7. The summed E-state index contributed by atoms with van der Waals surface area (Å²) in [6, 6.07) is 9.35. The Hall–Kier alpha value is -2.47. The number of pyridine rings is 1. The monoisotopic (exact) mass is 387 g/mol. The summed E-state index contributed by atoms with van der Waals surface area (Å²) in [6.45, 7) is 0.232. The van der Waals surface area contributed by atoms with Gasteiger partial charge >= 0.3 is 0 Å². The number of phenols is 1. The van der Waals surface area contributed by atoms with E-state index < -0.39 is 0 Å². The van der Waals surface area contributed by atoms with Crippen LogP contribution in [0.15, 0.2) is 41.0 Å². The van der Waals surface area contributed by atoms with E-state index in [0.29, 0.717) is 17.6 Å². The highest BCUT2D eigenvalue weighted by molar-refractivity contribution is 9.10. The number of methoxy groups -OCH3 is 1. The number of benzene rings is 2. The second-order valence-electron chi connectivity index (χ2n) is 5.45. The zero-order valence-corrected chi connectivity index (χ0v) is 14.5. The molecule has 122 valence electrons. The lowest BCUT2D eigenvalue weighted by Gasteiger charge is -2.12. The molecule has 0 amide bonds. The summed E-state index contributed by atoms with van der Waals surface area (Å²) in [4.78, 5) is 4.46. The van der Waals surface area contributed by atoms with Gasteiger partial charge < -0.3 is 19.3 Å². The van der Waals surface area contributed by atoms with Crippen molar-refractivity contribution in [1.29, 1.82) is 0 Å². The topological polar surface area (TPSA) is 60.8 Å². The molecule has 1 aromatic heterocycles. The fourth-order valence-electron chi connectivity index (χ4n) is 2.88. The summed E-state index contributed by atoms with van der Waals surface area (Å²) in [6.07, 6.45) is 2.28. The second kappa shape index (κ2) is 5.87. The minimum absolute atomic E-state index is 0.106. The maximum absolute atomic E-state index is 10.5. The SMILES string of the molecule is COc1ccc2ccnc(Cc3cc4c(cc3Br)OCO4)c2c1O. The Balaban J connectivity index is 1.83. The van der Waals surface area contributed by atoms with Gasteiger partial charge in [-0.05, 0) is 35.2 Å². The molecule has 1 aliphatic rings. The van der Waals surface area contributed by atoms with Gasteiger partial charge in [0.15, 0.2) is 23.0 Å². The van der Waals surface area contributed by atoms with Gasteiger partial charge in [-0.3, -0.25) is 4.98 Å². The van der Waals surface area contributed by atoms with Gasteiger partial charge in [0, 0.05) is 22.5 Å². The van der Waals surface area contributed by atoms with Crippen molar-refractivity contribution in [2.45, 2.75) is 6.42 Å². The molecule has 4 rings (SSSR count). The predicted octanol–water partition coefficient (Wildman–Crippen LogP) is 4.03. The second-order valence-corrected chi connectivity index (χ2v) is 6.30. The molecule has 0 saturated heterocycles. The minimum Gasteiger partial charge on any atom is -0.504 e. The Kier molecular flexibility index (Phi) is 3.69. The number of halogens is 1. The van der Waals surface area contributed by atoms with E-state index in [-0.39, 0.29) is 12.5 Å². The normalized spacial score (nSPS) is 12.6. The van der Waals surface area contributed by atoms with Crippen LogP contribution in [0.2, 0.25) is 0 Å². The van der Waals surface area contributed by atoms with Crippen LogP contribution in [0.5, 0.6) is 23.0 Å². The van der Waals surface area contributed by atoms with Crippen molar-refractivity contribution >= 4 is 26.7 Å². The number of nitrogens with zero attached hydrogens (tertiary/aromatic N) is 1. The molecule has 0 bridgehead atoms. The Labute approximate surface area is 146 Å². The van der Waals surface area contributed by atoms with Gasteiger partial charge in [0.1, 0.15) is 0 Å². The van der Waals surface area contributed by atoms with E-state index in [2.05, 4.69) is 20.9 Å². The van der Waals surface area contributed by atoms with Crippen LogP contribution in [0.25, 0.3) is 10.8 Å². The van der Waals surface area contributed by atoms with E-state index in [4.69, 9.17) is 14.2 Å². The minimum atomic E-state index is 0.106. The first kappa shape index (κ1) is 15.1. The number of aromatic hydroxyl groups is 1. The third-order valence-electron chi connectivity index (χ3n) is 4.07. The third-order valence-corrected chi connectivity index (χ3v) is 4.80. The van der Waals surface area contributed by atoms with Crippen molar-refractivity contribution < 1.29 is 19.3 Å². The molecule has 6 heteroatoms. The largest absolute Gasteiger partial charge is 0.504 e. The van der Waals surface area contributed by atoms with E-state index in [1.165, 1.54) is 7.11 Å². The van der Waals surface area contributed by atoms with Crippen molar-refractivity contribution in [1.82, 2.24) is 4.98 Å². The van der Waals surface area contributed by atoms with Gasteiger partial charge in [-0.1, -0.05) is 22.0 Å². The lowest BCUT2D eigenvalue weighted by molar-refractivity contribution is 0.174. The van der Waals surface area contributed by atoms with E-state index >= 15 is 0 Å². The lowest BCUT2D eigenvalue weighted by Crippen LogP contribution is -1.96. The average Bonchev–Trinajstić information content (AvgIpc) is 3.02. The Morgan fingerprint density at radius 1 is 1.21 bits per heavy atom. The third kappa shape index (κ3) is 2.43. The summed E-state index contributed by atoms with van der Waals surface area (Å²) in [7, 11) is 1.53. The van der Waals surface area contributed by atoms with E-state index in [0.717, 1.165) is 32.6 Å². The van der Waals surface area contributed by atoms with Gasteiger partial charge in [0.05, 0.1) is 12.8 Å². The van der Waals surface area contributed by atoms with E-state index in [1.54, 1.807) is 12.3 Å². The standard InChI is InChI=1S/C18H14BrNO4/c1-22-14-3-2-10-4-5-20-13(17(10)18(14)21)6-11-7-15-16(8-12(11)19)24-9-23-15/h2-5,7-8,21H,6,9H2,1H3. The Morgan fingerprint density at radius 3 is 2.79 bits per heavy atom. The molecule has 0 unspecified atom stereocenters. The number of ether oxygens (including phenoxy) is 3. The number of hydrogen-bond donors (Lipinski definition) is 1. The molecule has 2 heterocycles. The summed E-state index contributed by atoms with van der Waals surface area (Å²) >= 11 is 3.57. The molecule has 0 radical (unpaired) electrons. The van der Waals surface area contributed by atoms with Gasteiger partial charge in [-0.15, -0.1) is 0 Å². The van der Waals surface area contributed by atoms with Crippen LogP contribution in [-0.4, -0.2) is 24.0 Å². The Morgan fingerprint density at radius 2 is 2.00 bits per heavy atom. The van der Waals surface area contributed by atoms with Crippen LogP contribution in [0.3, 0.4) is 0 Å². The fourth-order valence-corrected chi connectivity index (χ4v) is 3.34. The van der Waals surface area contributed by atoms with Crippen LogP contribution in [0, 0.1) is 0 Å². The molecule has 0 fully saturated rings. The molecule has 3 aromatic rings. The number of rotatable bonds is 3. The van der Waals surface area contributed by atoms with Crippen LogP contribution in [-0.2, 0) is 6.42 Å². The van der Waals surface area contributed by atoms with Crippen molar-refractivity contribution in [3.63, 3.8) is 0 Å². The maximum Gasteiger partial charge on any atom is 0.231 e. The highest BCUT2D eigenvalue weighted by Gasteiger charge is 2.18. The highest BCUT2D eigenvalue weighted by atomic mass is 79.9. The molecule has 0 atom stereocenters. The molecular weight excluding hydrogens is 374 g/mol. The molecular formula is C18H14BrNO4. The fraction of sp³-hybridized carbons (Fsp3) is 0.167. The quantitative estimate of drug-likeness (QED) is 0.734. The molecule has 24 heavy (non-hydrogen) atoms. The van der Waals surface area contributed by atoms with Gasteiger partial charge in [0.2, 0.25) is 6.79 Å². The predicted molar refractivity (Wildman–Crippen MR) is 93.0 cm³/mol. The van der Waals surface area contributed by atoms with Crippen LogP contribution >= 0.6 is 15.9 Å². The summed E-state index contributed by atoms with van der Waals surface area (Å²) in [5.41, 5.74) is 1.77. The molecule has 0 saturated carbocycles. The van der Waals surface area contributed by atoms with Crippen molar-refractivity contribution in [3.05, 3.63) is 52.3 Å². The lowest BCUT2D eigenvalue weighted by atomic mass is 10.0. The smallest absolute Gasteiger partial charge is 0.231 e. The summed E-state index contributed by atoms with van der Waals surface area (Å²) in [5, 5.41) is 12.1. The number of aromatic nitrogens is 1. The first-order valence-electron chi connectivity index (χ1n) is 7.39. The number of hydrogen-bond acceptors (Lipinski definition) is 5. The molecule has 5 nitrogen and oxygen atoms in total. The molecule has 1 N–H and O–H groups in total. The van der Waals surface area contributed by atoms with Crippen LogP contribution in [0.4, 0.5) is 0 Å². The first-order chi connectivity index (χ1) is 11.7. The maximum atomic E-state index is 10.5. The molecule has 0 spiro atoms. The van der Waals surface area contributed by atoms with Crippen molar-refractivity contribution in [2.24, 2.45) is 0 Å². The van der Waals surface area contributed by atoms with Crippen LogP contribution < -0.4 is 14.2 Å². The molecule has 0 aliphatic carbocycles.